The first-order valence-electron chi connectivity index (χ1n) is 24.2. The highest BCUT2D eigenvalue weighted by molar-refractivity contribution is 6.11. The first-order chi connectivity index (χ1) is 36.2. The fourth-order valence-corrected chi connectivity index (χ4v) is 9.53. The lowest BCUT2D eigenvalue weighted by Crippen LogP contribution is -2.02. The molecule has 0 spiro atoms. The smallest absolute Gasteiger partial charge is 0.164 e. The Labute approximate surface area is 421 Å². The van der Waals surface area contributed by atoms with E-state index in [4.69, 9.17) is 34.9 Å². The maximum atomic E-state index is 5.43. The molecule has 342 valence electrons. The molecule has 0 N–H and O–H groups in total. The molecule has 0 aliphatic carbocycles. The maximum Gasteiger partial charge on any atom is 0.164 e. The van der Waals surface area contributed by atoms with Gasteiger partial charge in [-0.2, -0.15) is 0 Å². The number of fused-ring (bicyclic) bond motifs is 3. The summed E-state index contributed by atoms with van der Waals surface area (Å²) in [4.78, 5) is 36.4. The molecule has 0 amide bonds. The first-order valence-corrected chi connectivity index (χ1v) is 24.2. The van der Waals surface area contributed by atoms with Gasteiger partial charge >= 0.3 is 0 Å². The van der Waals surface area contributed by atoms with Crippen LogP contribution in [0.25, 0.3) is 129 Å². The van der Waals surface area contributed by atoms with E-state index in [9.17, 15) is 0 Å². The molecule has 0 aliphatic heterocycles. The number of rotatable bonds is 10. The lowest BCUT2D eigenvalue weighted by molar-refractivity contribution is 1.07. The molecule has 9 aromatic carbocycles. The molecular formula is C65H42N8. The minimum atomic E-state index is 0.590. The normalized spacial score (nSPS) is 11.3. The van der Waals surface area contributed by atoms with Gasteiger partial charge in [-0.05, 0) is 54.6 Å². The van der Waals surface area contributed by atoms with E-state index in [0.29, 0.717) is 29.1 Å². The fraction of sp³-hybridized carbons (Fsp3) is 0. The van der Waals surface area contributed by atoms with Crippen LogP contribution in [0.5, 0.6) is 0 Å². The van der Waals surface area contributed by atoms with E-state index in [-0.39, 0.29) is 0 Å². The van der Waals surface area contributed by atoms with Gasteiger partial charge in [0.25, 0.3) is 0 Å². The number of nitrogens with zero attached hydrogens (tertiary/aromatic N) is 8. The molecule has 13 rings (SSSR count). The van der Waals surface area contributed by atoms with E-state index in [1.165, 1.54) is 0 Å². The monoisotopic (exact) mass is 934 g/mol. The number of aromatic nitrogens is 8. The summed E-state index contributed by atoms with van der Waals surface area (Å²) in [6.07, 6.45) is 0. The van der Waals surface area contributed by atoms with Crippen molar-refractivity contribution < 1.29 is 0 Å². The second-order valence-electron chi connectivity index (χ2n) is 17.7. The lowest BCUT2D eigenvalue weighted by Gasteiger charge is -2.17. The van der Waals surface area contributed by atoms with Crippen LogP contribution in [-0.4, -0.2) is 39.5 Å². The molecule has 4 heterocycles. The van der Waals surface area contributed by atoms with Crippen LogP contribution in [0.1, 0.15) is 0 Å². The number of benzene rings is 9. The molecular weight excluding hydrogens is 893 g/mol. The molecule has 8 heteroatoms. The van der Waals surface area contributed by atoms with Gasteiger partial charge < -0.3 is 4.57 Å². The number of hydrogen-bond acceptors (Lipinski definition) is 7. The van der Waals surface area contributed by atoms with Crippen molar-refractivity contribution >= 4 is 21.8 Å². The molecule has 0 saturated carbocycles. The van der Waals surface area contributed by atoms with Gasteiger partial charge in [0.05, 0.1) is 39.5 Å². The first kappa shape index (κ1) is 43.0. The molecule has 0 bridgehead atoms. The van der Waals surface area contributed by atoms with Crippen molar-refractivity contribution in [3.8, 4) is 108 Å². The Morgan fingerprint density at radius 2 is 0.562 bits per heavy atom. The van der Waals surface area contributed by atoms with Crippen LogP contribution in [0.15, 0.2) is 255 Å². The average Bonchev–Trinajstić information content (AvgIpc) is 3.81. The molecule has 0 aliphatic rings. The summed E-state index contributed by atoms with van der Waals surface area (Å²) in [5.74, 6) is 3.03. The van der Waals surface area contributed by atoms with Crippen molar-refractivity contribution in [3.05, 3.63) is 255 Å². The van der Waals surface area contributed by atoms with Crippen molar-refractivity contribution in [2.45, 2.75) is 0 Å². The summed E-state index contributed by atoms with van der Waals surface area (Å²) in [5.41, 5.74) is 14.5. The van der Waals surface area contributed by atoms with Crippen molar-refractivity contribution in [2.75, 3.05) is 0 Å². The Morgan fingerprint density at radius 3 is 1.05 bits per heavy atom. The number of hydrogen-bond donors (Lipinski definition) is 0. The summed E-state index contributed by atoms with van der Waals surface area (Å²) in [6, 6.07) is 86.9. The van der Waals surface area contributed by atoms with E-state index >= 15 is 0 Å². The van der Waals surface area contributed by atoms with E-state index in [1.807, 2.05) is 133 Å². The SMILES string of the molecule is c1ccc(-c2cc(-c3ccccc3)nc(-c3ccc(-n4c5ccccc5c5cc(-c6nc(-c7ccccc7)nc(-c7ccccc7)n6)ccc54)c(-c4cc(-c5ccccc5)nc(-c5ccccc5)n4)c3)n2)cc1. The summed E-state index contributed by atoms with van der Waals surface area (Å²) < 4.78 is 2.34. The van der Waals surface area contributed by atoms with Crippen LogP contribution in [0.3, 0.4) is 0 Å². The molecule has 13 aromatic rings. The maximum absolute atomic E-state index is 5.43. The van der Waals surface area contributed by atoms with Gasteiger partial charge in [0.15, 0.2) is 29.1 Å². The Hall–Kier alpha value is -10.1. The topological polar surface area (TPSA) is 95.2 Å². The largest absolute Gasteiger partial charge is 0.309 e. The molecule has 0 unspecified atom stereocenters. The minimum absolute atomic E-state index is 0.590. The van der Waals surface area contributed by atoms with Gasteiger partial charge in [-0.1, -0.05) is 200 Å². The minimum Gasteiger partial charge on any atom is -0.309 e. The molecule has 4 aromatic heterocycles. The number of para-hydroxylation sites is 1. The summed E-state index contributed by atoms with van der Waals surface area (Å²) in [7, 11) is 0. The quantitative estimate of drug-likeness (QED) is 0.135. The van der Waals surface area contributed by atoms with Gasteiger partial charge in [-0.3, -0.25) is 0 Å². The van der Waals surface area contributed by atoms with E-state index in [1.54, 1.807) is 0 Å². The molecule has 73 heavy (non-hydrogen) atoms. The average molecular weight is 935 g/mol. The summed E-state index contributed by atoms with van der Waals surface area (Å²) >= 11 is 0. The molecule has 0 fully saturated rings. The predicted molar refractivity (Wildman–Crippen MR) is 294 cm³/mol. The Balaban J connectivity index is 1.05. The molecule has 0 saturated heterocycles. The Bertz CT molecular complexity index is 3940. The Morgan fingerprint density at radius 1 is 0.219 bits per heavy atom. The predicted octanol–water partition coefficient (Wildman–Crippen LogP) is 15.6. The van der Waals surface area contributed by atoms with Crippen LogP contribution in [0, 0.1) is 0 Å². The third kappa shape index (κ3) is 8.39. The summed E-state index contributed by atoms with van der Waals surface area (Å²) in [5, 5.41) is 2.13. The second-order valence-corrected chi connectivity index (χ2v) is 17.7. The van der Waals surface area contributed by atoms with E-state index in [0.717, 1.165) is 100 Å². The van der Waals surface area contributed by atoms with Gasteiger partial charge in [-0.15, -0.1) is 0 Å². The molecule has 8 nitrogen and oxygen atoms in total. The fourth-order valence-electron chi connectivity index (χ4n) is 9.53. The summed E-state index contributed by atoms with van der Waals surface area (Å²) in [6.45, 7) is 0. The van der Waals surface area contributed by atoms with Crippen molar-refractivity contribution in [2.24, 2.45) is 0 Å². The van der Waals surface area contributed by atoms with Crippen molar-refractivity contribution in [3.63, 3.8) is 0 Å². The van der Waals surface area contributed by atoms with Crippen LogP contribution in [-0.2, 0) is 0 Å². The van der Waals surface area contributed by atoms with E-state index in [2.05, 4.69) is 126 Å². The van der Waals surface area contributed by atoms with Crippen molar-refractivity contribution in [1.29, 1.82) is 0 Å². The van der Waals surface area contributed by atoms with Crippen LogP contribution in [0.2, 0.25) is 0 Å². The molecule has 0 atom stereocenters. The molecule has 0 radical (unpaired) electrons. The standard InChI is InChI=1S/C65H42N8/c1-7-21-43(22-8-1)54-41-55(44-23-9-2-10-24-44)68-64(67-54)50-36-38-60(53(40-50)57-42-56(45-25-11-3-12-26-45)66-61(69-57)46-27-13-4-14-28-46)73-58-34-20-19-33-51(58)52-39-49(35-37-59(52)73)65-71-62(47-29-15-5-16-30-47)70-63(72-65)48-31-17-6-18-32-48/h1-42H. The third-order valence-electron chi connectivity index (χ3n) is 13.1. The zero-order valence-corrected chi connectivity index (χ0v) is 39.3. The van der Waals surface area contributed by atoms with Crippen LogP contribution >= 0.6 is 0 Å². The third-order valence-corrected chi connectivity index (χ3v) is 13.1. The second kappa shape index (κ2) is 18.7. The zero-order valence-electron chi connectivity index (χ0n) is 39.3. The highest BCUT2D eigenvalue weighted by Crippen LogP contribution is 2.41. The highest BCUT2D eigenvalue weighted by atomic mass is 15.0. The van der Waals surface area contributed by atoms with Gasteiger partial charge in [0.2, 0.25) is 0 Å². The van der Waals surface area contributed by atoms with Crippen LogP contribution < -0.4 is 0 Å². The zero-order chi connectivity index (χ0) is 48.5. The van der Waals surface area contributed by atoms with Gasteiger partial charge in [-0.25, -0.2) is 34.9 Å². The van der Waals surface area contributed by atoms with Crippen molar-refractivity contribution in [1.82, 2.24) is 39.5 Å². The van der Waals surface area contributed by atoms with E-state index < -0.39 is 0 Å². The van der Waals surface area contributed by atoms with Crippen LogP contribution in [0.4, 0.5) is 0 Å². The van der Waals surface area contributed by atoms with Gasteiger partial charge in [0, 0.05) is 60.8 Å². The lowest BCUT2D eigenvalue weighted by atomic mass is 10.0. The van der Waals surface area contributed by atoms with Gasteiger partial charge in [0.1, 0.15) is 0 Å². The highest BCUT2D eigenvalue weighted by Gasteiger charge is 2.22. The Kier molecular flexibility index (Phi) is 11.0.